The topological polar surface area (TPSA) is 0 Å². The molecule has 258 valence electrons. The first-order valence-electron chi connectivity index (χ1n) is 20.2. The van der Waals surface area contributed by atoms with Crippen LogP contribution >= 0.6 is 7.26 Å². The summed E-state index contributed by atoms with van der Waals surface area (Å²) in [6.45, 7) is 9.39. The van der Waals surface area contributed by atoms with Gasteiger partial charge in [0.25, 0.3) is 0 Å². The van der Waals surface area contributed by atoms with Gasteiger partial charge >= 0.3 is 239 Å². The Morgan fingerprint density at radius 3 is 0.524 bits per heavy atom. The van der Waals surface area contributed by atoms with Crippen molar-refractivity contribution in [2.45, 2.75) is 233 Å². The molecule has 0 nitrogen and oxygen atoms in total. The van der Waals surface area contributed by atoms with E-state index in [9.17, 15) is 0 Å². The van der Waals surface area contributed by atoms with Crippen LogP contribution < -0.4 is 0 Å². The van der Waals surface area contributed by atoms with Crippen LogP contribution in [0.2, 0.25) is 0 Å². The summed E-state index contributed by atoms with van der Waals surface area (Å²) >= 11 is 0. The van der Waals surface area contributed by atoms with Gasteiger partial charge in [0, 0.05) is 0 Å². The zero-order chi connectivity index (χ0) is 30.0. The normalized spacial score (nSPS) is 12.1. The van der Waals surface area contributed by atoms with Crippen LogP contribution in [-0.4, -0.2) is 35.6 Å². The van der Waals surface area contributed by atoms with Crippen LogP contribution in [-0.2, 0) is 0 Å². The van der Waals surface area contributed by atoms with E-state index >= 15 is 0 Å². The van der Waals surface area contributed by atoms with Crippen molar-refractivity contribution in [3.8, 4) is 0 Å². The Labute approximate surface area is 275 Å². The number of hydrogen-bond acceptors (Lipinski definition) is 0. The minimum absolute atomic E-state index is 0. The van der Waals surface area contributed by atoms with Crippen molar-refractivity contribution in [3.63, 3.8) is 0 Å². The molecule has 0 aromatic heterocycles. The predicted molar refractivity (Wildman–Crippen MR) is 210 cm³/mol. The third kappa shape index (κ3) is 32.1. The summed E-state index contributed by atoms with van der Waals surface area (Å²) in [7, 11) is -1.10. The van der Waals surface area contributed by atoms with Gasteiger partial charge in [-0.2, -0.15) is 0 Å². The van der Waals surface area contributed by atoms with Gasteiger partial charge in [0.1, 0.15) is 0 Å². The van der Waals surface area contributed by atoms with Crippen LogP contribution in [0, 0.1) is 0 Å². The number of unbranched alkanes of at least 4 members (excludes halogenated alkanes) is 28. The molecular weight excluding hydrogens is 540 g/mol. The van der Waals surface area contributed by atoms with Crippen molar-refractivity contribution < 1.29 is 0 Å². The molecule has 0 saturated carbocycles. The van der Waals surface area contributed by atoms with Gasteiger partial charge in [-0.1, -0.05) is 26.2 Å². The van der Waals surface area contributed by atoms with Crippen molar-refractivity contribution in [1.82, 2.24) is 0 Å². The maximum atomic E-state index is 2.36. The predicted octanol–water partition coefficient (Wildman–Crippen LogP) is 13.8. The molecule has 0 aromatic carbocycles. The molecule has 0 heterocycles. The summed E-state index contributed by atoms with van der Waals surface area (Å²) in [6, 6.07) is 0. The van der Waals surface area contributed by atoms with Crippen molar-refractivity contribution in [1.29, 1.82) is 0 Å². The van der Waals surface area contributed by atoms with E-state index in [4.69, 9.17) is 0 Å². The summed E-state index contributed by atoms with van der Waals surface area (Å²) < 4.78 is 0. The van der Waals surface area contributed by atoms with Gasteiger partial charge < -0.3 is 0 Å². The molecule has 0 spiro atoms. The van der Waals surface area contributed by atoms with E-state index in [0.717, 1.165) is 0 Å². The van der Waals surface area contributed by atoms with Crippen molar-refractivity contribution >= 4 is 18.2 Å². The van der Waals surface area contributed by atoms with Gasteiger partial charge in [-0.25, -0.2) is 0 Å². The van der Waals surface area contributed by atoms with Crippen LogP contribution in [0.3, 0.4) is 0 Å². The van der Waals surface area contributed by atoms with Crippen LogP contribution in [0.4, 0.5) is 0 Å². The average Bonchev–Trinajstić information content (AvgIpc) is 2.98. The molecule has 0 amide bonds. The molecule has 0 N–H and O–H groups in total. The van der Waals surface area contributed by atoms with Crippen LogP contribution in [0.1, 0.15) is 233 Å². The monoisotopic (exact) mass is 629 g/mol. The van der Waals surface area contributed by atoms with E-state index in [1.807, 2.05) is 0 Å². The molecule has 0 aromatic rings. The van der Waals surface area contributed by atoms with Gasteiger partial charge in [-0.15, -0.1) is 0 Å². The molecule has 0 rings (SSSR count). The maximum Gasteiger partial charge on any atom is -0.0149 e. The zero-order valence-corrected chi connectivity index (χ0v) is 31.0. The average molecular weight is 629 g/mol. The van der Waals surface area contributed by atoms with Gasteiger partial charge in [0.05, 0.1) is 0 Å². The van der Waals surface area contributed by atoms with E-state index < -0.39 is 7.26 Å². The Hall–Kier alpha value is 0.647. The fourth-order valence-corrected chi connectivity index (χ4v) is 12.8. The van der Waals surface area contributed by atoms with Gasteiger partial charge in [0.2, 0.25) is 0 Å². The molecule has 0 saturated heterocycles. The first kappa shape index (κ1) is 44.8. The fraction of sp³-hybridized carbons (Fsp3) is 1.00. The number of hydrogen-bond donors (Lipinski definition) is 0. The Kier molecular flexibility index (Phi) is 40.3. The van der Waals surface area contributed by atoms with E-state index in [-0.39, 0.29) is 11.0 Å². The summed E-state index contributed by atoms with van der Waals surface area (Å²) in [5.41, 5.74) is 0. The molecule has 0 aliphatic rings. The van der Waals surface area contributed by atoms with Crippen LogP contribution in [0.15, 0.2) is 0 Å². The molecule has 0 atom stereocenters. The van der Waals surface area contributed by atoms with E-state index in [1.54, 1.807) is 50.3 Å². The molecule has 0 bridgehead atoms. The molecule has 0 unspecified atom stereocenters. The summed E-state index contributed by atoms with van der Waals surface area (Å²) in [4.78, 5) is 0. The third-order valence-electron chi connectivity index (χ3n) is 10.2. The second-order valence-electron chi connectivity index (χ2n) is 14.4. The molecule has 42 heavy (non-hydrogen) atoms. The molecule has 0 aliphatic carbocycles. The first-order valence-corrected chi connectivity index (χ1v) is 23.1. The summed E-state index contributed by atoms with van der Waals surface area (Å²) in [6.07, 6.45) is 54.4. The van der Waals surface area contributed by atoms with Crippen molar-refractivity contribution in [3.05, 3.63) is 0 Å². The maximum absolute atomic E-state index is 2.36. The van der Waals surface area contributed by atoms with Gasteiger partial charge in [0.15, 0.2) is 0 Å². The second kappa shape index (κ2) is 37.8. The Morgan fingerprint density at radius 2 is 0.357 bits per heavy atom. The second-order valence-corrected chi connectivity index (χ2v) is 19.4. The summed E-state index contributed by atoms with van der Waals surface area (Å²) in [5, 5.41) is 0. The van der Waals surface area contributed by atoms with Gasteiger partial charge in [-0.3, -0.25) is 0 Å². The fourth-order valence-electron chi connectivity index (χ4n) is 7.29. The SMILES string of the molecule is CCCCCCCCCCCCCCCC[PH](CCCCCCCC)(CCCCCCCC)CCCCCCCC.[SiH4]. The standard InChI is InChI=1S/C40H85P.H4Si/c1-5-9-13-17-21-22-23-24-25-26-27-28-32-36-40-41(37-33-29-18-14-10-6-2,38-34-30-19-15-11-7-3)39-35-31-20-16-12-8-4;/h41H,5-40H2,1-4H3;1H4. The largest absolute Gasteiger partial charge is 0.0149 e. The van der Waals surface area contributed by atoms with Crippen molar-refractivity contribution in [2.24, 2.45) is 0 Å². The minimum atomic E-state index is -1.10. The Balaban J connectivity index is 0. The van der Waals surface area contributed by atoms with Gasteiger partial charge in [-0.05, 0) is 11.0 Å². The number of rotatable bonds is 36. The van der Waals surface area contributed by atoms with E-state index in [1.165, 1.54) is 180 Å². The Bertz CT molecular complexity index is 424. The zero-order valence-electron chi connectivity index (χ0n) is 30.0. The molecule has 0 fully saturated rings. The molecular formula is C40H89PSi. The Morgan fingerprint density at radius 1 is 0.214 bits per heavy atom. The molecule has 0 radical (unpaired) electrons. The van der Waals surface area contributed by atoms with Crippen molar-refractivity contribution in [2.75, 3.05) is 24.6 Å². The molecule has 2 heteroatoms. The van der Waals surface area contributed by atoms with E-state index in [2.05, 4.69) is 27.7 Å². The smallest absolute Gasteiger partial charge is 0.0149 e. The third-order valence-corrected chi connectivity index (χ3v) is 15.9. The minimum Gasteiger partial charge on any atom is -0.0149 e. The summed E-state index contributed by atoms with van der Waals surface area (Å²) in [5.74, 6) is 0. The first-order chi connectivity index (χ1) is 20.2. The molecule has 0 aliphatic heterocycles. The van der Waals surface area contributed by atoms with Crippen LogP contribution in [0.25, 0.3) is 0 Å². The van der Waals surface area contributed by atoms with Crippen LogP contribution in [0.5, 0.6) is 0 Å². The van der Waals surface area contributed by atoms with E-state index in [0.29, 0.717) is 0 Å². The quantitative estimate of drug-likeness (QED) is 0.0368.